The number of halogens is 1. The molecule has 1 amide bonds. The largest absolute Gasteiger partial charge is 0.467 e. The van der Waals surface area contributed by atoms with E-state index in [1.807, 2.05) is 31.2 Å². The van der Waals surface area contributed by atoms with Gasteiger partial charge in [-0.1, -0.05) is 18.5 Å². The standard InChI is InChI=1S/C14H17ClN2O2S/c1-2-7-16-13(18)9-17-14(10-4-3-8-19-10)11-5-6-12(15)20-11/h3-6,8,14,17H,2,7,9H2,1H3,(H,16,18). The summed E-state index contributed by atoms with van der Waals surface area (Å²) in [6, 6.07) is 7.34. The molecule has 0 radical (unpaired) electrons. The van der Waals surface area contributed by atoms with Crippen LogP contribution in [0.5, 0.6) is 0 Å². The molecule has 2 heterocycles. The van der Waals surface area contributed by atoms with Crippen molar-refractivity contribution in [1.29, 1.82) is 0 Å². The monoisotopic (exact) mass is 312 g/mol. The Labute approximate surface area is 127 Å². The van der Waals surface area contributed by atoms with Gasteiger partial charge in [0.05, 0.1) is 17.1 Å². The predicted octanol–water partition coefficient (Wildman–Crippen LogP) is 3.20. The molecule has 2 rings (SSSR count). The average Bonchev–Trinajstić information content (AvgIpc) is 3.09. The highest BCUT2D eigenvalue weighted by molar-refractivity contribution is 7.16. The Balaban J connectivity index is 2.03. The first kappa shape index (κ1) is 15.1. The van der Waals surface area contributed by atoms with E-state index in [0.29, 0.717) is 10.9 Å². The first-order chi connectivity index (χ1) is 9.70. The SMILES string of the molecule is CCCNC(=O)CNC(c1ccco1)c1ccc(Cl)s1. The van der Waals surface area contributed by atoms with Crippen molar-refractivity contribution in [2.45, 2.75) is 19.4 Å². The summed E-state index contributed by atoms with van der Waals surface area (Å²) in [5, 5.41) is 6.04. The van der Waals surface area contributed by atoms with E-state index in [4.69, 9.17) is 16.0 Å². The minimum absolute atomic E-state index is 0.0222. The van der Waals surface area contributed by atoms with E-state index in [1.54, 1.807) is 6.26 Å². The molecule has 0 aliphatic heterocycles. The summed E-state index contributed by atoms with van der Waals surface area (Å²) in [6.07, 6.45) is 2.55. The quantitative estimate of drug-likeness (QED) is 0.825. The van der Waals surface area contributed by atoms with E-state index in [-0.39, 0.29) is 18.5 Å². The van der Waals surface area contributed by atoms with Crippen LogP contribution >= 0.6 is 22.9 Å². The van der Waals surface area contributed by atoms with Gasteiger partial charge in [-0.15, -0.1) is 11.3 Å². The molecule has 0 bridgehead atoms. The van der Waals surface area contributed by atoms with E-state index >= 15 is 0 Å². The molecule has 20 heavy (non-hydrogen) atoms. The molecule has 2 aromatic rings. The van der Waals surface area contributed by atoms with Gasteiger partial charge >= 0.3 is 0 Å². The maximum atomic E-state index is 11.7. The summed E-state index contributed by atoms with van der Waals surface area (Å²) in [5.41, 5.74) is 0. The van der Waals surface area contributed by atoms with Crippen molar-refractivity contribution in [2.75, 3.05) is 13.1 Å². The van der Waals surface area contributed by atoms with E-state index < -0.39 is 0 Å². The van der Waals surface area contributed by atoms with Crippen LogP contribution in [0.4, 0.5) is 0 Å². The molecule has 0 aromatic carbocycles. The smallest absolute Gasteiger partial charge is 0.233 e. The Morgan fingerprint density at radius 3 is 2.90 bits per heavy atom. The first-order valence-corrected chi connectivity index (χ1v) is 7.69. The zero-order chi connectivity index (χ0) is 14.4. The highest BCUT2D eigenvalue weighted by Gasteiger charge is 2.19. The number of carbonyl (C=O) groups is 1. The third kappa shape index (κ3) is 4.10. The maximum absolute atomic E-state index is 11.7. The minimum Gasteiger partial charge on any atom is -0.467 e. The Hall–Kier alpha value is -1.30. The number of amides is 1. The van der Waals surface area contributed by atoms with E-state index in [1.165, 1.54) is 11.3 Å². The Kier molecular flexibility index (Phi) is 5.64. The van der Waals surface area contributed by atoms with Crippen molar-refractivity contribution in [3.8, 4) is 0 Å². The Bertz CT molecular complexity index is 539. The fraction of sp³-hybridized carbons (Fsp3) is 0.357. The van der Waals surface area contributed by atoms with Crippen LogP contribution in [0.15, 0.2) is 34.9 Å². The fourth-order valence-electron chi connectivity index (χ4n) is 1.80. The maximum Gasteiger partial charge on any atom is 0.233 e. The van der Waals surface area contributed by atoms with Gasteiger partial charge in [0.25, 0.3) is 0 Å². The van der Waals surface area contributed by atoms with Crippen LogP contribution in [-0.4, -0.2) is 19.0 Å². The molecule has 0 saturated carbocycles. The van der Waals surface area contributed by atoms with Gasteiger partial charge in [-0.2, -0.15) is 0 Å². The second-order valence-electron chi connectivity index (χ2n) is 4.32. The third-order valence-electron chi connectivity index (χ3n) is 2.75. The molecule has 2 aromatic heterocycles. The lowest BCUT2D eigenvalue weighted by atomic mass is 10.2. The third-order valence-corrected chi connectivity index (χ3v) is 4.04. The molecule has 0 aliphatic rings. The first-order valence-electron chi connectivity index (χ1n) is 6.49. The molecule has 0 saturated heterocycles. The summed E-state index contributed by atoms with van der Waals surface area (Å²) in [6.45, 7) is 2.95. The van der Waals surface area contributed by atoms with Crippen LogP contribution in [0.2, 0.25) is 4.34 Å². The van der Waals surface area contributed by atoms with Crippen molar-refractivity contribution in [3.63, 3.8) is 0 Å². The lowest BCUT2D eigenvalue weighted by Crippen LogP contribution is -2.36. The predicted molar refractivity (Wildman–Crippen MR) is 81.2 cm³/mol. The van der Waals surface area contributed by atoms with Gasteiger partial charge in [0, 0.05) is 11.4 Å². The number of carbonyl (C=O) groups excluding carboxylic acids is 1. The number of rotatable bonds is 7. The van der Waals surface area contributed by atoms with Gasteiger partial charge in [-0.05, 0) is 30.7 Å². The summed E-state index contributed by atoms with van der Waals surface area (Å²) >= 11 is 7.45. The van der Waals surface area contributed by atoms with Gasteiger partial charge in [0.2, 0.25) is 5.91 Å². The molecule has 1 atom stereocenters. The second-order valence-corrected chi connectivity index (χ2v) is 6.07. The number of hydrogen-bond acceptors (Lipinski definition) is 4. The number of nitrogens with one attached hydrogen (secondary N) is 2. The minimum atomic E-state index is -0.158. The lowest BCUT2D eigenvalue weighted by molar-refractivity contribution is -0.120. The van der Waals surface area contributed by atoms with Crippen LogP contribution in [0.3, 0.4) is 0 Å². The zero-order valence-corrected chi connectivity index (χ0v) is 12.8. The van der Waals surface area contributed by atoms with Crippen LogP contribution in [0.1, 0.15) is 30.0 Å². The summed E-state index contributed by atoms with van der Waals surface area (Å²) in [7, 11) is 0. The molecular formula is C14H17ClN2O2S. The molecule has 6 heteroatoms. The topological polar surface area (TPSA) is 54.3 Å². The molecule has 108 valence electrons. The lowest BCUT2D eigenvalue weighted by Gasteiger charge is -2.15. The van der Waals surface area contributed by atoms with E-state index in [0.717, 1.165) is 17.1 Å². The van der Waals surface area contributed by atoms with Crippen LogP contribution in [0.25, 0.3) is 0 Å². The fourth-order valence-corrected chi connectivity index (χ4v) is 2.95. The molecule has 4 nitrogen and oxygen atoms in total. The van der Waals surface area contributed by atoms with Crippen molar-refractivity contribution in [2.24, 2.45) is 0 Å². The van der Waals surface area contributed by atoms with Crippen LogP contribution in [0, 0.1) is 0 Å². The van der Waals surface area contributed by atoms with Crippen LogP contribution < -0.4 is 10.6 Å². The van der Waals surface area contributed by atoms with Crippen molar-refractivity contribution in [1.82, 2.24) is 10.6 Å². The van der Waals surface area contributed by atoms with E-state index in [9.17, 15) is 4.79 Å². The number of thiophene rings is 1. The summed E-state index contributed by atoms with van der Waals surface area (Å²) in [4.78, 5) is 12.7. The zero-order valence-electron chi connectivity index (χ0n) is 11.2. The Morgan fingerprint density at radius 1 is 1.45 bits per heavy atom. The molecule has 0 aliphatic carbocycles. The van der Waals surface area contributed by atoms with Gasteiger partial charge in [-0.3, -0.25) is 10.1 Å². The molecule has 1 unspecified atom stereocenters. The number of furan rings is 1. The van der Waals surface area contributed by atoms with Gasteiger partial charge < -0.3 is 9.73 Å². The molecule has 0 spiro atoms. The highest BCUT2D eigenvalue weighted by atomic mass is 35.5. The van der Waals surface area contributed by atoms with Crippen LogP contribution in [-0.2, 0) is 4.79 Å². The molecule has 2 N–H and O–H groups in total. The Morgan fingerprint density at radius 2 is 2.30 bits per heavy atom. The summed E-state index contributed by atoms with van der Waals surface area (Å²) < 4.78 is 6.16. The van der Waals surface area contributed by atoms with Gasteiger partial charge in [-0.25, -0.2) is 0 Å². The normalized spacial score (nSPS) is 12.3. The highest BCUT2D eigenvalue weighted by Crippen LogP contribution is 2.31. The van der Waals surface area contributed by atoms with E-state index in [2.05, 4.69) is 10.6 Å². The summed E-state index contributed by atoms with van der Waals surface area (Å²) in [5.74, 6) is 0.748. The van der Waals surface area contributed by atoms with Crippen molar-refractivity contribution in [3.05, 3.63) is 45.5 Å². The molecule has 0 fully saturated rings. The van der Waals surface area contributed by atoms with Gasteiger partial charge in [0.15, 0.2) is 0 Å². The second kappa shape index (κ2) is 7.47. The average molecular weight is 313 g/mol. The number of hydrogen-bond donors (Lipinski definition) is 2. The van der Waals surface area contributed by atoms with Crippen molar-refractivity contribution >= 4 is 28.8 Å². The van der Waals surface area contributed by atoms with Crippen molar-refractivity contribution < 1.29 is 9.21 Å². The van der Waals surface area contributed by atoms with Gasteiger partial charge in [0.1, 0.15) is 11.8 Å². The molecular weight excluding hydrogens is 296 g/mol.